The molecule has 0 aromatic heterocycles. The van der Waals surface area contributed by atoms with Crippen molar-refractivity contribution in [1.82, 2.24) is 4.72 Å². The van der Waals surface area contributed by atoms with Gasteiger partial charge in [-0.3, -0.25) is 0 Å². The highest BCUT2D eigenvalue weighted by Gasteiger charge is 2.31. The first-order valence-corrected chi connectivity index (χ1v) is 11.2. The third kappa shape index (κ3) is 4.05. The minimum Gasteiger partial charge on any atom is -0.496 e. The molecular weight excluding hydrogens is 381 g/mol. The summed E-state index contributed by atoms with van der Waals surface area (Å²) in [7, 11) is -5.66. The lowest BCUT2D eigenvalue weighted by Crippen LogP contribution is -2.35. The highest BCUT2D eigenvalue weighted by Crippen LogP contribution is 2.32. The van der Waals surface area contributed by atoms with Crippen LogP contribution < -0.4 is 9.46 Å². The van der Waals surface area contributed by atoms with Gasteiger partial charge in [-0.2, -0.15) is 0 Å². The van der Waals surface area contributed by atoms with Crippen LogP contribution in [0.25, 0.3) is 11.1 Å². The normalized spacial score (nSPS) is 19.4. The van der Waals surface area contributed by atoms with Crippen molar-refractivity contribution in [3.8, 4) is 16.9 Å². The van der Waals surface area contributed by atoms with Crippen LogP contribution in [0.4, 0.5) is 4.39 Å². The predicted molar refractivity (Wildman–Crippen MR) is 95.8 cm³/mol. The second-order valence-corrected chi connectivity index (χ2v) is 10.0. The van der Waals surface area contributed by atoms with Crippen LogP contribution in [-0.4, -0.2) is 41.5 Å². The SMILES string of the molecule is COc1ccc(F)cc1-c1cccc(S(=O)(=O)NC2CCS(=O)(=O)C2)c1. The zero-order valence-electron chi connectivity index (χ0n) is 14.0. The molecule has 6 nitrogen and oxygen atoms in total. The lowest BCUT2D eigenvalue weighted by Gasteiger charge is -2.13. The monoisotopic (exact) mass is 399 g/mol. The molecule has 1 unspecified atom stereocenters. The van der Waals surface area contributed by atoms with Gasteiger partial charge in [0.25, 0.3) is 0 Å². The van der Waals surface area contributed by atoms with Gasteiger partial charge in [-0.1, -0.05) is 12.1 Å². The van der Waals surface area contributed by atoms with Crippen molar-refractivity contribution in [2.24, 2.45) is 0 Å². The van der Waals surface area contributed by atoms with Gasteiger partial charge < -0.3 is 4.74 Å². The number of nitrogens with one attached hydrogen (secondary N) is 1. The highest BCUT2D eigenvalue weighted by atomic mass is 32.2. The van der Waals surface area contributed by atoms with Crippen LogP contribution in [0.3, 0.4) is 0 Å². The van der Waals surface area contributed by atoms with E-state index < -0.39 is 31.7 Å². The van der Waals surface area contributed by atoms with E-state index >= 15 is 0 Å². The molecule has 1 atom stereocenters. The molecule has 0 bridgehead atoms. The number of hydrogen-bond donors (Lipinski definition) is 1. The van der Waals surface area contributed by atoms with Crippen LogP contribution in [0.1, 0.15) is 6.42 Å². The molecule has 1 fully saturated rings. The third-order valence-corrected chi connectivity index (χ3v) is 7.46. The fraction of sp³-hybridized carbons (Fsp3) is 0.294. The van der Waals surface area contributed by atoms with Crippen molar-refractivity contribution < 1.29 is 26.0 Å². The lowest BCUT2D eigenvalue weighted by molar-refractivity contribution is 0.415. The Hall–Kier alpha value is -1.97. The smallest absolute Gasteiger partial charge is 0.240 e. The quantitative estimate of drug-likeness (QED) is 0.830. The summed E-state index contributed by atoms with van der Waals surface area (Å²) in [6, 6.07) is 9.34. The molecule has 1 aliphatic rings. The maximum absolute atomic E-state index is 13.6. The number of sulfonamides is 1. The Morgan fingerprint density at radius 1 is 1.19 bits per heavy atom. The summed E-state index contributed by atoms with van der Waals surface area (Å²) < 4.78 is 69.5. The fourth-order valence-electron chi connectivity index (χ4n) is 2.91. The Morgan fingerprint density at radius 3 is 2.62 bits per heavy atom. The van der Waals surface area contributed by atoms with Crippen molar-refractivity contribution in [3.63, 3.8) is 0 Å². The van der Waals surface area contributed by atoms with E-state index in [0.29, 0.717) is 16.9 Å². The van der Waals surface area contributed by atoms with E-state index in [9.17, 15) is 21.2 Å². The van der Waals surface area contributed by atoms with Crippen molar-refractivity contribution in [3.05, 3.63) is 48.3 Å². The molecular formula is C17H18FNO5S2. The van der Waals surface area contributed by atoms with Gasteiger partial charge in [0.15, 0.2) is 9.84 Å². The predicted octanol–water partition coefficient (Wildman–Crippen LogP) is 1.97. The number of halogens is 1. The molecule has 0 amide bonds. The second kappa shape index (κ2) is 6.98. The molecule has 0 saturated carbocycles. The van der Waals surface area contributed by atoms with Crippen LogP contribution in [0, 0.1) is 5.82 Å². The fourth-order valence-corrected chi connectivity index (χ4v) is 6.01. The van der Waals surface area contributed by atoms with Gasteiger partial charge in [0.1, 0.15) is 11.6 Å². The van der Waals surface area contributed by atoms with Crippen molar-refractivity contribution in [1.29, 1.82) is 0 Å². The molecule has 0 aliphatic carbocycles. The minimum atomic E-state index is -3.90. The van der Waals surface area contributed by atoms with Crippen LogP contribution >= 0.6 is 0 Å². The molecule has 0 spiro atoms. The van der Waals surface area contributed by atoms with Gasteiger partial charge in [0, 0.05) is 11.6 Å². The Labute approximate surface area is 152 Å². The third-order valence-electron chi connectivity index (χ3n) is 4.17. The minimum absolute atomic E-state index is 0.0226. The maximum Gasteiger partial charge on any atom is 0.240 e. The zero-order chi connectivity index (χ0) is 18.9. The van der Waals surface area contributed by atoms with Gasteiger partial charge in [0.2, 0.25) is 10.0 Å². The number of methoxy groups -OCH3 is 1. The molecule has 1 heterocycles. The summed E-state index contributed by atoms with van der Waals surface area (Å²) in [4.78, 5) is -0.0226. The molecule has 2 aromatic carbocycles. The Bertz CT molecular complexity index is 1030. The van der Waals surface area contributed by atoms with Crippen molar-refractivity contribution in [2.75, 3.05) is 18.6 Å². The van der Waals surface area contributed by atoms with Crippen LogP contribution in [-0.2, 0) is 19.9 Å². The van der Waals surface area contributed by atoms with E-state index in [1.54, 1.807) is 12.1 Å². The number of rotatable bonds is 5. The molecule has 0 radical (unpaired) electrons. The van der Waals surface area contributed by atoms with E-state index in [-0.39, 0.29) is 22.8 Å². The Morgan fingerprint density at radius 2 is 1.96 bits per heavy atom. The zero-order valence-corrected chi connectivity index (χ0v) is 15.6. The average Bonchev–Trinajstić information content (AvgIpc) is 2.93. The van der Waals surface area contributed by atoms with Gasteiger partial charge in [-0.05, 0) is 42.3 Å². The molecule has 9 heteroatoms. The van der Waals surface area contributed by atoms with Crippen LogP contribution in [0.15, 0.2) is 47.4 Å². The van der Waals surface area contributed by atoms with Gasteiger partial charge >= 0.3 is 0 Å². The summed E-state index contributed by atoms with van der Waals surface area (Å²) in [5, 5.41) is 0. The van der Waals surface area contributed by atoms with Crippen LogP contribution in [0.5, 0.6) is 5.75 Å². The van der Waals surface area contributed by atoms with Gasteiger partial charge in [-0.25, -0.2) is 25.9 Å². The summed E-state index contributed by atoms with van der Waals surface area (Å²) in [5.41, 5.74) is 0.899. The standard InChI is InChI=1S/C17H18FNO5S2/c1-24-17-6-5-13(18)10-16(17)12-3-2-4-15(9-12)26(22,23)19-14-7-8-25(20,21)11-14/h2-6,9-10,14,19H,7-8,11H2,1H3. The molecule has 3 rings (SSSR count). The molecule has 1 aliphatic heterocycles. The number of benzene rings is 2. The van der Waals surface area contributed by atoms with Crippen molar-refractivity contribution in [2.45, 2.75) is 17.4 Å². The lowest BCUT2D eigenvalue weighted by atomic mass is 10.0. The molecule has 2 aromatic rings. The first-order chi connectivity index (χ1) is 12.2. The topological polar surface area (TPSA) is 89.5 Å². The van der Waals surface area contributed by atoms with Gasteiger partial charge in [-0.15, -0.1) is 0 Å². The number of hydrogen-bond acceptors (Lipinski definition) is 5. The Kier molecular flexibility index (Phi) is 5.05. The summed E-state index contributed by atoms with van der Waals surface area (Å²) in [6.07, 6.45) is 0.249. The maximum atomic E-state index is 13.6. The summed E-state index contributed by atoms with van der Waals surface area (Å²) >= 11 is 0. The second-order valence-electron chi connectivity index (χ2n) is 6.09. The van der Waals surface area contributed by atoms with E-state index in [0.717, 1.165) is 0 Å². The Balaban J connectivity index is 1.93. The largest absolute Gasteiger partial charge is 0.496 e. The highest BCUT2D eigenvalue weighted by molar-refractivity contribution is 7.92. The molecule has 140 valence electrons. The first-order valence-electron chi connectivity index (χ1n) is 7.87. The summed E-state index contributed by atoms with van der Waals surface area (Å²) in [6.45, 7) is 0. The van der Waals surface area contributed by atoms with Crippen molar-refractivity contribution >= 4 is 19.9 Å². The average molecular weight is 399 g/mol. The number of ether oxygens (including phenoxy) is 1. The van der Waals surface area contributed by atoms with E-state index in [1.165, 1.54) is 37.4 Å². The van der Waals surface area contributed by atoms with E-state index in [2.05, 4.69) is 4.72 Å². The van der Waals surface area contributed by atoms with Crippen LogP contribution in [0.2, 0.25) is 0 Å². The van der Waals surface area contributed by atoms with Gasteiger partial charge in [0.05, 0.1) is 23.5 Å². The first kappa shape index (κ1) is 18.8. The summed E-state index contributed by atoms with van der Waals surface area (Å²) in [5.74, 6) is -0.288. The molecule has 1 N–H and O–H groups in total. The molecule has 26 heavy (non-hydrogen) atoms. The number of sulfone groups is 1. The molecule has 1 saturated heterocycles. The van der Waals surface area contributed by atoms with E-state index in [1.807, 2.05) is 0 Å². The van der Waals surface area contributed by atoms with E-state index in [4.69, 9.17) is 4.74 Å².